The number of benzene rings is 1. The molecular weight excluding hydrogens is 330 g/mol. The van der Waals surface area contributed by atoms with Gasteiger partial charge in [-0.15, -0.1) is 0 Å². The number of hydrogen-bond acceptors (Lipinski definition) is 4. The smallest absolute Gasteiger partial charge is 0.251 e. The normalized spacial score (nSPS) is 30.5. The van der Waals surface area contributed by atoms with Gasteiger partial charge in [-0.1, -0.05) is 25.7 Å². The molecule has 3 fully saturated rings. The molecule has 2 aliphatic carbocycles. The number of ether oxygens (including phenoxy) is 3. The molecule has 1 aliphatic heterocycles. The van der Waals surface area contributed by atoms with Crippen molar-refractivity contribution in [2.45, 2.75) is 51.2 Å². The minimum atomic E-state index is -0.0234. The first-order valence-electron chi connectivity index (χ1n) is 9.96. The third-order valence-electron chi connectivity index (χ3n) is 6.41. The number of nitrogens with one attached hydrogen (secondary N) is 1. The van der Waals surface area contributed by atoms with Crippen LogP contribution in [0.1, 0.15) is 49.4 Å². The van der Waals surface area contributed by atoms with Crippen LogP contribution in [-0.4, -0.2) is 38.4 Å². The lowest BCUT2D eigenvalue weighted by Crippen LogP contribution is -2.63. The van der Waals surface area contributed by atoms with Crippen LogP contribution < -0.4 is 14.8 Å². The second-order valence-corrected chi connectivity index (χ2v) is 7.71. The van der Waals surface area contributed by atoms with E-state index >= 15 is 0 Å². The SMILES string of the molecule is CCOc1ccc(C(=O)N[C@H]2[C@@H]3CCO[C@@H]3[C@@H]2C2CCCC2)cc1OC. The second-order valence-electron chi connectivity index (χ2n) is 7.71. The molecule has 3 aliphatic rings. The molecule has 1 saturated heterocycles. The van der Waals surface area contributed by atoms with Crippen molar-refractivity contribution in [1.82, 2.24) is 5.32 Å². The minimum absolute atomic E-state index is 0.0234. The lowest BCUT2D eigenvalue weighted by Gasteiger charge is -2.50. The van der Waals surface area contributed by atoms with Crippen molar-refractivity contribution >= 4 is 5.91 Å². The van der Waals surface area contributed by atoms with Crippen LogP contribution in [0.4, 0.5) is 0 Å². The quantitative estimate of drug-likeness (QED) is 0.846. The van der Waals surface area contributed by atoms with Gasteiger partial charge in [-0.25, -0.2) is 0 Å². The van der Waals surface area contributed by atoms with Crippen molar-refractivity contribution in [1.29, 1.82) is 0 Å². The Hall–Kier alpha value is -1.75. The van der Waals surface area contributed by atoms with Gasteiger partial charge in [0.05, 0.1) is 19.8 Å². The summed E-state index contributed by atoms with van der Waals surface area (Å²) in [6, 6.07) is 5.64. The molecule has 0 radical (unpaired) electrons. The highest BCUT2D eigenvalue weighted by Crippen LogP contribution is 2.51. The fourth-order valence-corrected chi connectivity index (χ4v) is 5.18. The average Bonchev–Trinajstić information content (AvgIpc) is 3.31. The van der Waals surface area contributed by atoms with Crippen molar-refractivity contribution < 1.29 is 19.0 Å². The Labute approximate surface area is 155 Å². The van der Waals surface area contributed by atoms with Crippen LogP contribution in [0.5, 0.6) is 11.5 Å². The molecule has 1 aromatic rings. The zero-order valence-corrected chi connectivity index (χ0v) is 15.7. The number of fused-ring (bicyclic) bond motifs is 1. The van der Waals surface area contributed by atoms with E-state index in [4.69, 9.17) is 14.2 Å². The van der Waals surface area contributed by atoms with Crippen LogP contribution in [0.2, 0.25) is 0 Å². The van der Waals surface area contributed by atoms with Crippen LogP contribution in [-0.2, 0) is 4.74 Å². The highest BCUT2D eigenvalue weighted by molar-refractivity contribution is 5.95. The summed E-state index contributed by atoms with van der Waals surface area (Å²) in [4.78, 5) is 12.9. The molecular formula is C21H29NO4. The Morgan fingerprint density at radius 2 is 2.04 bits per heavy atom. The van der Waals surface area contributed by atoms with E-state index in [1.807, 2.05) is 19.1 Å². The summed E-state index contributed by atoms with van der Waals surface area (Å²) >= 11 is 0. The molecule has 0 unspecified atom stereocenters. The maximum absolute atomic E-state index is 12.9. The average molecular weight is 359 g/mol. The van der Waals surface area contributed by atoms with Gasteiger partial charge in [0.1, 0.15) is 0 Å². The highest BCUT2D eigenvalue weighted by atomic mass is 16.5. The van der Waals surface area contributed by atoms with Gasteiger partial charge in [0.2, 0.25) is 0 Å². The molecule has 2 saturated carbocycles. The van der Waals surface area contributed by atoms with Gasteiger partial charge in [-0.05, 0) is 37.5 Å². The molecule has 1 amide bonds. The first-order chi connectivity index (χ1) is 12.7. The van der Waals surface area contributed by atoms with Crippen LogP contribution in [0.25, 0.3) is 0 Å². The Morgan fingerprint density at radius 3 is 2.77 bits per heavy atom. The van der Waals surface area contributed by atoms with Crippen LogP contribution in [0.15, 0.2) is 18.2 Å². The first-order valence-corrected chi connectivity index (χ1v) is 9.96. The van der Waals surface area contributed by atoms with Gasteiger partial charge in [0, 0.05) is 30.0 Å². The van der Waals surface area contributed by atoms with Gasteiger partial charge >= 0.3 is 0 Å². The van der Waals surface area contributed by atoms with Gasteiger partial charge in [-0.3, -0.25) is 4.79 Å². The van der Waals surface area contributed by atoms with Crippen molar-refractivity contribution in [3.05, 3.63) is 23.8 Å². The molecule has 0 aromatic heterocycles. The summed E-state index contributed by atoms with van der Waals surface area (Å²) in [6.45, 7) is 3.33. The Kier molecular flexibility index (Phi) is 5.07. The predicted octanol–water partition coefficient (Wildman–Crippen LogP) is 3.42. The topological polar surface area (TPSA) is 56.8 Å². The molecule has 4 atom stereocenters. The van der Waals surface area contributed by atoms with Gasteiger partial charge in [0.25, 0.3) is 5.91 Å². The fraction of sp³-hybridized carbons (Fsp3) is 0.667. The van der Waals surface area contributed by atoms with Gasteiger partial charge < -0.3 is 19.5 Å². The summed E-state index contributed by atoms with van der Waals surface area (Å²) in [5.41, 5.74) is 0.623. The number of rotatable bonds is 6. The van der Waals surface area contributed by atoms with E-state index in [2.05, 4.69) is 5.32 Å². The van der Waals surface area contributed by atoms with E-state index in [1.165, 1.54) is 25.7 Å². The maximum Gasteiger partial charge on any atom is 0.251 e. The summed E-state index contributed by atoms with van der Waals surface area (Å²) in [5, 5.41) is 3.32. The van der Waals surface area contributed by atoms with E-state index in [0.717, 1.165) is 13.0 Å². The largest absolute Gasteiger partial charge is 0.493 e. The van der Waals surface area contributed by atoms with Crippen LogP contribution >= 0.6 is 0 Å². The van der Waals surface area contributed by atoms with Crippen LogP contribution in [0.3, 0.4) is 0 Å². The molecule has 4 rings (SSSR count). The third-order valence-corrected chi connectivity index (χ3v) is 6.41. The van der Waals surface area contributed by atoms with Crippen molar-refractivity contribution in [3.63, 3.8) is 0 Å². The number of carbonyl (C=O) groups is 1. The van der Waals surface area contributed by atoms with E-state index in [-0.39, 0.29) is 11.9 Å². The molecule has 5 heteroatoms. The molecule has 1 N–H and O–H groups in total. The third kappa shape index (κ3) is 3.07. The van der Waals surface area contributed by atoms with Crippen molar-refractivity contribution in [2.24, 2.45) is 17.8 Å². The number of hydrogen-bond donors (Lipinski definition) is 1. The Balaban J connectivity index is 1.48. The molecule has 1 heterocycles. The number of amides is 1. The predicted molar refractivity (Wildman–Crippen MR) is 98.7 cm³/mol. The molecule has 142 valence electrons. The fourth-order valence-electron chi connectivity index (χ4n) is 5.18. The Morgan fingerprint density at radius 1 is 1.23 bits per heavy atom. The second kappa shape index (κ2) is 7.47. The Bertz CT molecular complexity index is 651. The monoisotopic (exact) mass is 359 g/mol. The molecule has 26 heavy (non-hydrogen) atoms. The first kappa shape index (κ1) is 17.7. The van der Waals surface area contributed by atoms with Crippen molar-refractivity contribution in [3.8, 4) is 11.5 Å². The van der Waals surface area contributed by atoms with Crippen LogP contribution in [0, 0.1) is 17.8 Å². The molecule has 5 nitrogen and oxygen atoms in total. The lowest BCUT2D eigenvalue weighted by atomic mass is 9.61. The maximum atomic E-state index is 12.9. The summed E-state index contributed by atoms with van der Waals surface area (Å²) < 4.78 is 16.9. The molecule has 0 spiro atoms. The minimum Gasteiger partial charge on any atom is -0.493 e. The van der Waals surface area contributed by atoms with E-state index in [9.17, 15) is 4.79 Å². The summed E-state index contributed by atoms with van der Waals surface area (Å²) in [5.74, 6) is 2.91. The van der Waals surface area contributed by atoms with E-state index in [1.54, 1.807) is 13.2 Å². The molecule has 1 aromatic carbocycles. The number of carbonyl (C=O) groups excluding carboxylic acids is 1. The van der Waals surface area contributed by atoms with Gasteiger partial charge in [-0.2, -0.15) is 0 Å². The lowest BCUT2D eigenvalue weighted by molar-refractivity contribution is -0.0784. The van der Waals surface area contributed by atoms with Gasteiger partial charge in [0.15, 0.2) is 11.5 Å². The zero-order chi connectivity index (χ0) is 18.1. The standard InChI is InChI=1S/C21H29NO4/c1-3-25-16-9-8-14(12-17(16)24-2)21(23)22-19-15-10-11-26-20(15)18(19)13-6-4-5-7-13/h8-9,12-13,15,18-20H,3-7,10-11H2,1-2H3,(H,22,23)/t15-,18+,19-,20-/m0/s1. The summed E-state index contributed by atoms with van der Waals surface area (Å²) in [7, 11) is 1.60. The van der Waals surface area contributed by atoms with E-state index in [0.29, 0.717) is 47.5 Å². The summed E-state index contributed by atoms with van der Waals surface area (Å²) in [6.07, 6.45) is 6.61. The highest BCUT2D eigenvalue weighted by Gasteiger charge is 2.57. The van der Waals surface area contributed by atoms with E-state index < -0.39 is 0 Å². The number of methoxy groups -OCH3 is 1. The zero-order valence-electron chi connectivity index (χ0n) is 15.7. The molecule has 0 bridgehead atoms. The van der Waals surface area contributed by atoms with Crippen molar-refractivity contribution in [2.75, 3.05) is 20.3 Å².